The van der Waals surface area contributed by atoms with E-state index in [9.17, 15) is 5.11 Å². The van der Waals surface area contributed by atoms with Crippen LogP contribution in [-0.4, -0.2) is 18.3 Å². The van der Waals surface area contributed by atoms with Crippen LogP contribution in [0.3, 0.4) is 0 Å². The Labute approximate surface area is 139 Å². The average molecular weight is 315 g/mol. The summed E-state index contributed by atoms with van der Waals surface area (Å²) in [5.41, 5.74) is 10.1. The van der Waals surface area contributed by atoms with E-state index >= 15 is 0 Å². The van der Waals surface area contributed by atoms with Crippen molar-refractivity contribution in [3.63, 3.8) is 0 Å². The molecule has 1 aromatic carbocycles. The number of hydrogen-bond donors (Lipinski definition) is 2. The van der Waals surface area contributed by atoms with E-state index in [1.807, 2.05) is 6.07 Å². The van der Waals surface area contributed by atoms with E-state index in [-0.39, 0.29) is 11.5 Å². The van der Waals surface area contributed by atoms with Gasteiger partial charge in [0.2, 0.25) is 0 Å². The van der Waals surface area contributed by atoms with E-state index in [1.54, 1.807) is 7.11 Å². The van der Waals surface area contributed by atoms with E-state index in [2.05, 4.69) is 13.0 Å². The van der Waals surface area contributed by atoms with Crippen molar-refractivity contribution in [1.82, 2.24) is 0 Å². The summed E-state index contributed by atoms with van der Waals surface area (Å²) in [5, 5.41) is 10.6. The first kappa shape index (κ1) is 15.3. The maximum absolute atomic E-state index is 10.6. The molecule has 126 valence electrons. The number of benzene rings is 1. The molecule has 3 aliphatic rings. The van der Waals surface area contributed by atoms with Gasteiger partial charge in [0.1, 0.15) is 5.75 Å². The summed E-state index contributed by atoms with van der Waals surface area (Å²) in [4.78, 5) is 0. The summed E-state index contributed by atoms with van der Waals surface area (Å²) in [6.07, 6.45) is 7.95. The van der Waals surface area contributed by atoms with Crippen LogP contribution >= 0.6 is 0 Å². The number of nitrogen functional groups attached to an aromatic ring is 1. The van der Waals surface area contributed by atoms with Gasteiger partial charge in [0.15, 0.2) is 0 Å². The van der Waals surface area contributed by atoms with Gasteiger partial charge in [0.25, 0.3) is 0 Å². The van der Waals surface area contributed by atoms with Gasteiger partial charge in [-0.3, -0.25) is 0 Å². The summed E-state index contributed by atoms with van der Waals surface area (Å²) >= 11 is 0. The van der Waals surface area contributed by atoms with Crippen molar-refractivity contribution >= 4 is 5.69 Å². The summed E-state index contributed by atoms with van der Waals surface area (Å²) in [6, 6.07) is 4.29. The molecule has 5 atom stereocenters. The van der Waals surface area contributed by atoms with Gasteiger partial charge in [0.05, 0.1) is 18.9 Å². The Bertz CT molecular complexity index is 614. The zero-order chi connectivity index (χ0) is 16.2. The molecule has 4 rings (SSSR count). The van der Waals surface area contributed by atoms with Gasteiger partial charge in [-0.1, -0.05) is 19.4 Å². The lowest BCUT2D eigenvalue weighted by atomic mass is 9.50. The molecule has 0 bridgehead atoms. The summed E-state index contributed by atoms with van der Waals surface area (Å²) in [6.45, 7) is 2.34. The van der Waals surface area contributed by atoms with Crippen LogP contribution in [0.5, 0.6) is 5.75 Å². The van der Waals surface area contributed by atoms with Gasteiger partial charge in [-0.15, -0.1) is 0 Å². The maximum Gasteiger partial charge on any atom is 0.142 e. The van der Waals surface area contributed by atoms with Crippen LogP contribution in [0, 0.1) is 17.3 Å². The summed E-state index contributed by atoms with van der Waals surface area (Å²) in [5.74, 6) is 2.82. The highest BCUT2D eigenvalue weighted by Crippen LogP contribution is 2.60. The van der Waals surface area contributed by atoms with Crippen molar-refractivity contribution < 1.29 is 9.84 Å². The molecule has 0 heterocycles. The number of aliphatic hydroxyl groups is 1. The molecule has 0 aromatic heterocycles. The largest absolute Gasteiger partial charge is 0.495 e. The van der Waals surface area contributed by atoms with Gasteiger partial charge in [-0.25, -0.2) is 0 Å². The first-order chi connectivity index (χ1) is 11.1. The Hall–Kier alpha value is -1.22. The number of rotatable bonds is 1. The van der Waals surface area contributed by atoms with Crippen LogP contribution in [0.4, 0.5) is 5.69 Å². The number of hydrogen-bond acceptors (Lipinski definition) is 3. The molecule has 3 N–H and O–H groups in total. The van der Waals surface area contributed by atoms with Gasteiger partial charge in [0, 0.05) is 0 Å². The Kier molecular flexibility index (Phi) is 3.60. The standard InChI is InChI=1S/C20H29NO2/c1-20-11-10-13-12-8-9-17(23-2)19(21)15(12)7-6-14(13)16(20)4-3-5-18(20)22/h8-9,13-14,16,18,22H,3-7,10-11,21H2,1-2H3. The molecule has 0 saturated heterocycles. The monoisotopic (exact) mass is 315 g/mol. The third-order valence-corrected chi connectivity index (χ3v) is 7.33. The van der Waals surface area contributed by atoms with Crippen molar-refractivity contribution in [2.24, 2.45) is 17.3 Å². The Morgan fingerprint density at radius 2 is 2.04 bits per heavy atom. The number of methoxy groups -OCH3 is 1. The highest BCUT2D eigenvalue weighted by molar-refractivity contribution is 5.63. The van der Waals surface area contributed by atoms with Crippen LogP contribution in [0.1, 0.15) is 62.5 Å². The SMILES string of the molecule is COc1ccc2c(c1N)CCC1C2CCC2(C)C(O)CCCC12. The molecule has 0 aliphatic heterocycles. The normalized spacial score (nSPS) is 39.1. The smallest absolute Gasteiger partial charge is 0.142 e. The van der Waals surface area contributed by atoms with Gasteiger partial charge < -0.3 is 15.6 Å². The Morgan fingerprint density at radius 3 is 2.83 bits per heavy atom. The second kappa shape index (κ2) is 5.41. The molecule has 5 unspecified atom stereocenters. The second-order valence-corrected chi connectivity index (χ2v) is 8.16. The van der Waals surface area contributed by atoms with Crippen LogP contribution in [0.2, 0.25) is 0 Å². The molecule has 23 heavy (non-hydrogen) atoms. The molecular formula is C20H29NO2. The molecule has 3 heteroatoms. The Morgan fingerprint density at radius 1 is 1.22 bits per heavy atom. The molecule has 3 aliphatic carbocycles. The molecule has 0 spiro atoms. The minimum atomic E-state index is -0.107. The third-order valence-electron chi connectivity index (χ3n) is 7.33. The van der Waals surface area contributed by atoms with Gasteiger partial charge in [-0.05, 0) is 78.9 Å². The maximum atomic E-state index is 10.6. The van der Waals surface area contributed by atoms with Crippen LogP contribution in [0.25, 0.3) is 0 Å². The van der Waals surface area contributed by atoms with E-state index in [0.29, 0.717) is 17.8 Å². The number of anilines is 1. The lowest BCUT2D eigenvalue weighted by molar-refractivity contribution is -0.0975. The number of fused-ring (bicyclic) bond motifs is 5. The highest BCUT2D eigenvalue weighted by atomic mass is 16.5. The zero-order valence-electron chi connectivity index (χ0n) is 14.3. The van der Waals surface area contributed by atoms with Crippen LogP contribution in [0.15, 0.2) is 12.1 Å². The van der Waals surface area contributed by atoms with Crippen molar-refractivity contribution in [2.75, 3.05) is 12.8 Å². The third kappa shape index (κ3) is 2.12. The fourth-order valence-corrected chi connectivity index (χ4v) is 6.02. The molecular weight excluding hydrogens is 286 g/mol. The lowest BCUT2D eigenvalue weighted by Crippen LogP contribution is -2.51. The van der Waals surface area contributed by atoms with Crippen molar-refractivity contribution in [1.29, 1.82) is 0 Å². The number of ether oxygens (including phenoxy) is 1. The lowest BCUT2D eigenvalue weighted by Gasteiger charge is -2.56. The molecule has 0 radical (unpaired) electrons. The van der Waals surface area contributed by atoms with Crippen molar-refractivity contribution in [3.05, 3.63) is 23.3 Å². The topological polar surface area (TPSA) is 55.5 Å². The first-order valence-corrected chi connectivity index (χ1v) is 9.19. The van der Waals surface area contributed by atoms with Crippen LogP contribution in [-0.2, 0) is 6.42 Å². The fourth-order valence-electron chi connectivity index (χ4n) is 6.02. The minimum absolute atomic E-state index is 0.107. The molecule has 2 saturated carbocycles. The molecule has 1 aromatic rings. The quantitative estimate of drug-likeness (QED) is 0.773. The first-order valence-electron chi connectivity index (χ1n) is 9.19. The van der Waals surface area contributed by atoms with Gasteiger partial charge >= 0.3 is 0 Å². The van der Waals surface area contributed by atoms with E-state index in [0.717, 1.165) is 30.7 Å². The minimum Gasteiger partial charge on any atom is -0.495 e. The summed E-state index contributed by atoms with van der Waals surface area (Å²) < 4.78 is 5.41. The van der Waals surface area contributed by atoms with Gasteiger partial charge in [-0.2, -0.15) is 0 Å². The van der Waals surface area contributed by atoms with E-state index in [4.69, 9.17) is 10.5 Å². The fraction of sp³-hybridized carbons (Fsp3) is 0.700. The Balaban J connectivity index is 1.71. The number of aliphatic hydroxyl groups excluding tert-OH is 1. The summed E-state index contributed by atoms with van der Waals surface area (Å²) in [7, 11) is 1.69. The molecule has 0 amide bonds. The van der Waals surface area contributed by atoms with Crippen LogP contribution < -0.4 is 10.5 Å². The predicted octanol–water partition coefficient (Wildman–Crippen LogP) is 3.88. The molecule has 3 nitrogen and oxygen atoms in total. The van der Waals surface area contributed by atoms with E-state index in [1.165, 1.54) is 36.8 Å². The second-order valence-electron chi connectivity index (χ2n) is 8.16. The predicted molar refractivity (Wildman–Crippen MR) is 92.6 cm³/mol. The highest BCUT2D eigenvalue weighted by Gasteiger charge is 2.52. The molecule has 2 fully saturated rings. The van der Waals surface area contributed by atoms with Crippen molar-refractivity contribution in [3.8, 4) is 5.75 Å². The van der Waals surface area contributed by atoms with E-state index < -0.39 is 0 Å². The zero-order valence-corrected chi connectivity index (χ0v) is 14.3. The number of nitrogens with two attached hydrogens (primary N) is 1. The van der Waals surface area contributed by atoms with Crippen molar-refractivity contribution in [2.45, 2.75) is 63.9 Å². The average Bonchev–Trinajstić information content (AvgIpc) is 2.56.